The Morgan fingerprint density at radius 3 is 2.77 bits per heavy atom. The first-order valence-corrected chi connectivity index (χ1v) is 10.4. The number of likely N-dealkylation sites (tertiary alicyclic amines) is 1. The molecule has 26 heavy (non-hydrogen) atoms. The van der Waals surface area contributed by atoms with Crippen LogP contribution in [0.5, 0.6) is 0 Å². The molecule has 6 nitrogen and oxygen atoms in total. The fourth-order valence-electron chi connectivity index (χ4n) is 3.39. The summed E-state index contributed by atoms with van der Waals surface area (Å²) in [7, 11) is 0. The molecule has 2 aliphatic rings. The summed E-state index contributed by atoms with van der Waals surface area (Å²) in [4.78, 5) is 27.0. The highest BCUT2D eigenvalue weighted by Crippen LogP contribution is 2.32. The van der Waals surface area contributed by atoms with Crippen LogP contribution in [0.4, 0.5) is 5.13 Å². The first-order valence-electron chi connectivity index (χ1n) is 8.82. The van der Waals surface area contributed by atoms with Gasteiger partial charge in [0, 0.05) is 22.5 Å². The quantitative estimate of drug-likeness (QED) is 0.795. The van der Waals surface area contributed by atoms with Crippen LogP contribution in [0, 0.1) is 5.92 Å². The zero-order valence-electron chi connectivity index (χ0n) is 14.2. The lowest BCUT2D eigenvalue weighted by Crippen LogP contribution is -2.46. The van der Waals surface area contributed by atoms with Crippen LogP contribution >= 0.6 is 27.3 Å². The highest BCUT2D eigenvalue weighted by atomic mass is 79.9. The normalized spacial score (nSPS) is 20.0. The number of rotatable bonds is 4. The summed E-state index contributed by atoms with van der Waals surface area (Å²) in [5, 5.41) is 12.3. The molecule has 1 unspecified atom stereocenters. The molecule has 0 bridgehead atoms. The lowest BCUT2D eigenvalue weighted by atomic mass is 9.84. The predicted octanol–water partition coefficient (Wildman–Crippen LogP) is 3.70. The zero-order chi connectivity index (χ0) is 18.1. The largest absolute Gasteiger partial charge is 0.330 e. The molecule has 0 radical (unpaired) electrons. The number of carbonyl (C=O) groups is 2. The topological polar surface area (TPSA) is 75.2 Å². The lowest BCUT2D eigenvalue weighted by molar-refractivity contribution is -0.142. The summed E-state index contributed by atoms with van der Waals surface area (Å²) < 4.78 is 0.965. The Balaban J connectivity index is 1.44. The number of anilines is 1. The van der Waals surface area contributed by atoms with Gasteiger partial charge in [0.05, 0.1) is 0 Å². The summed E-state index contributed by atoms with van der Waals surface area (Å²) in [6.45, 7) is 0.673. The molecule has 0 spiro atoms. The van der Waals surface area contributed by atoms with Crippen LogP contribution in [-0.4, -0.2) is 39.5 Å². The van der Waals surface area contributed by atoms with Crippen molar-refractivity contribution in [2.75, 3.05) is 11.9 Å². The maximum atomic E-state index is 12.7. The average molecular weight is 435 g/mol. The summed E-state index contributed by atoms with van der Waals surface area (Å²) in [5.74, 6) is 0.0983. The molecule has 1 aliphatic heterocycles. The second-order valence-electron chi connectivity index (χ2n) is 6.73. The van der Waals surface area contributed by atoms with E-state index in [0.29, 0.717) is 18.1 Å². The third-order valence-electron chi connectivity index (χ3n) is 5.02. The van der Waals surface area contributed by atoms with Crippen molar-refractivity contribution in [3.05, 3.63) is 28.7 Å². The third-order valence-corrected chi connectivity index (χ3v) is 6.40. The van der Waals surface area contributed by atoms with E-state index in [1.54, 1.807) is 4.90 Å². The molecule has 8 heteroatoms. The van der Waals surface area contributed by atoms with E-state index in [2.05, 4.69) is 31.4 Å². The standard InChI is InChI=1S/C18H19BrN4O2S/c19-13-7-2-6-12(10-13)16-21-22-18(26-16)20-15(24)14-8-3-9-23(14)17(25)11-4-1-5-11/h2,6-7,10-11,14H,1,3-5,8-9H2,(H,20,22,24). The smallest absolute Gasteiger partial charge is 0.249 e. The summed E-state index contributed by atoms with van der Waals surface area (Å²) >= 11 is 4.78. The van der Waals surface area contributed by atoms with Crippen molar-refractivity contribution in [3.63, 3.8) is 0 Å². The minimum atomic E-state index is -0.388. The molecule has 4 rings (SSSR count). The van der Waals surface area contributed by atoms with Crippen molar-refractivity contribution in [2.24, 2.45) is 5.92 Å². The molecule has 1 N–H and O–H groups in total. The fraction of sp³-hybridized carbons (Fsp3) is 0.444. The first-order chi connectivity index (χ1) is 12.6. The summed E-state index contributed by atoms with van der Waals surface area (Å²) in [6.07, 6.45) is 4.61. The number of nitrogens with one attached hydrogen (secondary N) is 1. The van der Waals surface area contributed by atoms with Crippen molar-refractivity contribution < 1.29 is 9.59 Å². The molecule has 2 fully saturated rings. The van der Waals surface area contributed by atoms with Gasteiger partial charge < -0.3 is 4.90 Å². The van der Waals surface area contributed by atoms with Crippen LogP contribution in [0.2, 0.25) is 0 Å². The second-order valence-corrected chi connectivity index (χ2v) is 8.62. The van der Waals surface area contributed by atoms with Crippen LogP contribution in [-0.2, 0) is 9.59 Å². The Morgan fingerprint density at radius 1 is 1.19 bits per heavy atom. The van der Waals surface area contributed by atoms with Gasteiger partial charge >= 0.3 is 0 Å². The van der Waals surface area contributed by atoms with Gasteiger partial charge in [0.1, 0.15) is 11.0 Å². The number of hydrogen-bond acceptors (Lipinski definition) is 5. The van der Waals surface area contributed by atoms with Gasteiger partial charge in [0.25, 0.3) is 0 Å². The highest BCUT2D eigenvalue weighted by Gasteiger charge is 2.38. The van der Waals surface area contributed by atoms with E-state index in [1.807, 2.05) is 24.3 Å². The van der Waals surface area contributed by atoms with Crippen molar-refractivity contribution in [2.45, 2.75) is 38.1 Å². The molecular formula is C18H19BrN4O2S. The minimum absolute atomic E-state index is 0.119. The van der Waals surface area contributed by atoms with E-state index in [-0.39, 0.29) is 23.8 Å². The molecular weight excluding hydrogens is 416 g/mol. The molecule has 1 atom stereocenters. The van der Waals surface area contributed by atoms with Crippen LogP contribution in [0.15, 0.2) is 28.7 Å². The monoisotopic (exact) mass is 434 g/mol. The van der Waals surface area contributed by atoms with Crippen LogP contribution in [0.25, 0.3) is 10.6 Å². The molecule has 1 aromatic carbocycles. The molecule has 2 amide bonds. The van der Waals surface area contributed by atoms with Gasteiger partial charge in [-0.25, -0.2) is 0 Å². The molecule has 1 saturated heterocycles. The molecule has 1 saturated carbocycles. The third kappa shape index (κ3) is 3.53. The van der Waals surface area contributed by atoms with Gasteiger partial charge in [-0.1, -0.05) is 45.8 Å². The predicted molar refractivity (Wildman–Crippen MR) is 104 cm³/mol. The zero-order valence-corrected chi connectivity index (χ0v) is 16.6. The Hall–Kier alpha value is -1.80. The van der Waals surface area contributed by atoms with E-state index < -0.39 is 0 Å². The molecule has 2 aromatic rings. The minimum Gasteiger partial charge on any atom is -0.330 e. The lowest BCUT2D eigenvalue weighted by Gasteiger charge is -2.32. The van der Waals surface area contributed by atoms with E-state index in [9.17, 15) is 9.59 Å². The van der Waals surface area contributed by atoms with Crippen molar-refractivity contribution in [1.82, 2.24) is 15.1 Å². The maximum Gasteiger partial charge on any atom is 0.249 e. The van der Waals surface area contributed by atoms with Crippen LogP contribution in [0.3, 0.4) is 0 Å². The van der Waals surface area contributed by atoms with Crippen molar-refractivity contribution in [1.29, 1.82) is 0 Å². The van der Waals surface area contributed by atoms with Crippen molar-refractivity contribution in [3.8, 4) is 10.6 Å². The Labute approximate surface area is 164 Å². The second kappa shape index (κ2) is 7.44. The number of amides is 2. The van der Waals surface area contributed by atoms with Crippen LogP contribution in [0.1, 0.15) is 32.1 Å². The molecule has 2 heterocycles. The summed E-state index contributed by atoms with van der Waals surface area (Å²) in [5.41, 5.74) is 0.944. The number of aromatic nitrogens is 2. The number of halogens is 1. The first kappa shape index (κ1) is 17.6. The molecule has 136 valence electrons. The number of carbonyl (C=O) groups excluding carboxylic acids is 2. The molecule has 1 aromatic heterocycles. The molecule has 1 aliphatic carbocycles. The van der Waals surface area contributed by atoms with Gasteiger partial charge in [-0.3, -0.25) is 14.9 Å². The van der Waals surface area contributed by atoms with Gasteiger partial charge in [-0.2, -0.15) is 0 Å². The average Bonchev–Trinajstić information content (AvgIpc) is 3.22. The number of hydrogen-bond donors (Lipinski definition) is 1. The maximum absolute atomic E-state index is 12.7. The van der Waals surface area contributed by atoms with Gasteiger partial charge in [0.2, 0.25) is 16.9 Å². The van der Waals surface area contributed by atoms with Gasteiger partial charge in [-0.15, -0.1) is 10.2 Å². The van der Waals surface area contributed by atoms with E-state index in [1.165, 1.54) is 11.3 Å². The summed E-state index contributed by atoms with van der Waals surface area (Å²) in [6, 6.07) is 7.40. The Bertz CT molecular complexity index is 836. The van der Waals surface area contributed by atoms with Crippen LogP contribution < -0.4 is 5.32 Å². The number of nitrogens with zero attached hydrogens (tertiary/aromatic N) is 3. The van der Waals surface area contributed by atoms with E-state index in [0.717, 1.165) is 40.7 Å². The Kier molecular flexibility index (Phi) is 5.04. The number of benzene rings is 1. The highest BCUT2D eigenvalue weighted by molar-refractivity contribution is 9.10. The van der Waals surface area contributed by atoms with E-state index in [4.69, 9.17) is 0 Å². The van der Waals surface area contributed by atoms with Gasteiger partial charge in [0.15, 0.2) is 0 Å². The SMILES string of the molecule is O=C(Nc1nnc(-c2cccc(Br)c2)s1)C1CCCN1C(=O)C1CCC1. The van der Waals surface area contributed by atoms with E-state index >= 15 is 0 Å². The Morgan fingerprint density at radius 2 is 2.04 bits per heavy atom. The fourth-order valence-corrected chi connectivity index (χ4v) is 4.54. The van der Waals surface area contributed by atoms with Crippen molar-refractivity contribution >= 4 is 44.2 Å². The van der Waals surface area contributed by atoms with Gasteiger partial charge in [-0.05, 0) is 37.8 Å².